The number of nitrogens with one attached hydrogen (secondary N) is 1. The Bertz CT molecular complexity index is 1010. The lowest BCUT2D eigenvalue weighted by molar-refractivity contribution is -0.119. The van der Waals surface area contributed by atoms with Gasteiger partial charge in [0, 0.05) is 19.2 Å². The first kappa shape index (κ1) is 23.1. The van der Waals surface area contributed by atoms with Crippen molar-refractivity contribution in [1.29, 1.82) is 0 Å². The van der Waals surface area contributed by atoms with Crippen molar-refractivity contribution in [2.75, 3.05) is 30.2 Å². The van der Waals surface area contributed by atoms with Crippen LogP contribution in [-0.2, 0) is 27.9 Å². The van der Waals surface area contributed by atoms with E-state index in [0.29, 0.717) is 0 Å². The number of amides is 1. The van der Waals surface area contributed by atoms with E-state index in [9.17, 15) is 22.0 Å². The minimum Gasteiger partial charge on any atom is -0.350 e. The molecule has 0 unspecified atom stereocenters. The molecule has 0 aliphatic carbocycles. The Morgan fingerprint density at radius 2 is 1.65 bits per heavy atom. The van der Waals surface area contributed by atoms with Gasteiger partial charge in [-0.25, -0.2) is 17.2 Å². The maximum atomic E-state index is 13.5. The van der Waals surface area contributed by atoms with Crippen molar-refractivity contribution >= 4 is 21.6 Å². The van der Waals surface area contributed by atoms with Gasteiger partial charge in [-0.15, -0.1) is 0 Å². The average molecular weight is 452 g/mol. The Morgan fingerprint density at radius 1 is 1.00 bits per heavy atom. The Morgan fingerprint density at radius 3 is 2.26 bits per heavy atom. The van der Waals surface area contributed by atoms with Crippen molar-refractivity contribution in [2.24, 2.45) is 0 Å². The molecule has 1 N–H and O–H groups in total. The molecule has 0 atom stereocenters. The molecule has 2 aromatic rings. The zero-order chi connectivity index (χ0) is 22.4. The Labute approximate surface area is 181 Å². The van der Waals surface area contributed by atoms with Crippen LogP contribution in [0.1, 0.15) is 30.4 Å². The van der Waals surface area contributed by atoms with Gasteiger partial charge in [0.1, 0.15) is 6.54 Å². The van der Waals surface area contributed by atoms with E-state index in [-0.39, 0.29) is 12.2 Å². The molecular weight excluding hydrogens is 424 g/mol. The standard InChI is InChI=1S/C22H27F2N3O3S/c1-31(29,30)27(19-9-10-20(23)21(24)13-19)16-22(28)25-14-17-5-7-18(8-6-17)15-26-11-3-2-4-12-26/h5-10,13H,2-4,11-12,14-16H2,1H3,(H,25,28). The van der Waals surface area contributed by atoms with Crippen LogP contribution in [-0.4, -0.2) is 45.1 Å². The fourth-order valence-electron chi connectivity index (χ4n) is 3.57. The highest BCUT2D eigenvalue weighted by Crippen LogP contribution is 2.20. The summed E-state index contributed by atoms with van der Waals surface area (Å²) in [6.45, 7) is 2.85. The summed E-state index contributed by atoms with van der Waals surface area (Å²) in [5, 5.41) is 2.67. The molecule has 1 fully saturated rings. The summed E-state index contributed by atoms with van der Waals surface area (Å²) >= 11 is 0. The molecular formula is C22H27F2N3O3S. The number of benzene rings is 2. The van der Waals surface area contributed by atoms with Crippen molar-refractivity contribution in [1.82, 2.24) is 10.2 Å². The number of rotatable bonds is 8. The topological polar surface area (TPSA) is 69.7 Å². The van der Waals surface area contributed by atoms with E-state index in [4.69, 9.17) is 0 Å². The molecule has 1 saturated heterocycles. The van der Waals surface area contributed by atoms with E-state index < -0.39 is 34.1 Å². The maximum Gasteiger partial charge on any atom is 0.241 e. The van der Waals surface area contributed by atoms with Gasteiger partial charge in [-0.2, -0.15) is 0 Å². The summed E-state index contributed by atoms with van der Waals surface area (Å²) in [4.78, 5) is 14.8. The van der Waals surface area contributed by atoms with Gasteiger partial charge in [0.25, 0.3) is 0 Å². The first-order valence-corrected chi connectivity index (χ1v) is 12.1. The molecule has 1 heterocycles. The molecule has 1 aliphatic heterocycles. The molecule has 6 nitrogen and oxygen atoms in total. The van der Waals surface area contributed by atoms with Gasteiger partial charge < -0.3 is 5.32 Å². The predicted molar refractivity (Wildman–Crippen MR) is 116 cm³/mol. The summed E-state index contributed by atoms with van der Waals surface area (Å²) in [6.07, 6.45) is 4.67. The summed E-state index contributed by atoms with van der Waals surface area (Å²) in [6, 6.07) is 10.6. The van der Waals surface area contributed by atoms with Crippen molar-refractivity contribution in [3.8, 4) is 0 Å². The average Bonchev–Trinajstić information content (AvgIpc) is 2.73. The number of carbonyl (C=O) groups is 1. The fourth-order valence-corrected chi connectivity index (χ4v) is 4.41. The van der Waals surface area contributed by atoms with Crippen LogP contribution < -0.4 is 9.62 Å². The van der Waals surface area contributed by atoms with E-state index in [2.05, 4.69) is 10.2 Å². The van der Waals surface area contributed by atoms with Crippen molar-refractivity contribution in [3.05, 3.63) is 65.2 Å². The molecule has 0 spiro atoms. The molecule has 0 radical (unpaired) electrons. The molecule has 9 heteroatoms. The largest absolute Gasteiger partial charge is 0.350 e. The highest BCUT2D eigenvalue weighted by molar-refractivity contribution is 7.92. The Kier molecular flexibility index (Phi) is 7.61. The number of hydrogen-bond acceptors (Lipinski definition) is 4. The van der Waals surface area contributed by atoms with Gasteiger partial charge in [0.15, 0.2) is 11.6 Å². The molecule has 0 saturated carbocycles. The number of likely N-dealkylation sites (tertiary alicyclic amines) is 1. The van der Waals surface area contributed by atoms with Gasteiger partial charge >= 0.3 is 0 Å². The van der Waals surface area contributed by atoms with E-state index in [0.717, 1.165) is 54.0 Å². The zero-order valence-corrected chi connectivity index (χ0v) is 18.3. The number of hydrogen-bond donors (Lipinski definition) is 1. The van der Waals surface area contributed by atoms with Gasteiger partial charge in [-0.05, 0) is 49.2 Å². The van der Waals surface area contributed by atoms with E-state index >= 15 is 0 Å². The number of halogens is 2. The number of piperidine rings is 1. The van der Waals surface area contributed by atoms with E-state index in [1.54, 1.807) is 0 Å². The normalized spacial score (nSPS) is 14.9. The molecule has 1 aliphatic rings. The molecule has 1 amide bonds. The first-order chi connectivity index (χ1) is 14.7. The minimum atomic E-state index is -3.87. The van der Waals surface area contributed by atoms with Crippen LogP contribution in [0.5, 0.6) is 0 Å². The number of sulfonamides is 1. The van der Waals surface area contributed by atoms with Crippen LogP contribution in [0.4, 0.5) is 14.5 Å². The highest BCUT2D eigenvalue weighted by atomic mass is 32.2. The first-order valence-electron chi connectivity index (χ1n) is 10.2. The number of anilines is 1. The van der Waals surface area contributed by atoms with Gasteiger partial charge in [0.05, 0.1) is 11.9 Å². The summed E-state index contributed by atoms with van der Waals surface area (Å²) in [5.41, 5.74) is 1.98. The van der Waals surface area contributed by atoms with Crippen LogP contribution in [0.25, 0.3) is 0 Å². The second kappa shape index (κ2) is 10.2. The molecule has 2 aromatic carbocycles. The van der Waals surface area contributed by atoms with Crippen molar-refractivity contribution < 1.29 is 22.0 Å². The quantitative estimate of drug-likeness (QED) is 0.670. The smallest absolute Gasteiger partial charge is 0.241 e. The van der Waals surface area contributed by atoms with Gasteiger partial charge in [-0.3, -0.25) is 14.0 Å². The predicted octanol–water partition coefficient (Wildman–Crippen LogP) is 3.03. The monoisotopic (exact) mass is 451 g/mol. The third-order valence-electron chi connectivity index (χ3n) is 5.25. The summed E-state index contributed by atoms with van der Waals surface area (Å²) in [5.74, 6) is -2.82. The molecule has 31 heavy (non-hydrogen) atoms. The van der Waals surface area contributed by atoms with Gasteiger partial charge in [-0.1, -0.05) is 30.7 Å². The molecule has 3 rings (SSSR count). The van der Waals surface area contributed by atoms with E-state index in [1.807, 2.05) is 24.3 Å². The van der Waals surface area contributed by atoms with Crippen LogP contribution in [0.15, 0.2) is 42.5 Å². The summed E-state index contributed by atoms with van der Waals surface area (Å²) in [7, 11) is -3.87. The lowest BCUT2D eigenvalue weighted by atomic mass is 10.1. The van der Waals surface area contributed by atoms with Crippen LogP contribution >= 0.6 is 0 Å². The second-order valence-corrected chi connectivity index (χ2v) is 9.70. The van der Waals surface area contributed by atoms with E-state index in [1.165, 1.54) is 24.8 Å². The van der Waals surface area contributed by atoms with Gasteiger partial charge in [0.2, 0.25) is 15.9 Å². The minimum absolute atomic E-state index is 0.112. The third kappa shape index (κ3) is 6.73. The summed E-state index contributed by atoms with van der Waals surface area (Å²) < 4.78 is 51.6. The van der Waals surface area contributed by atoms with Crippen molar-refractivity contribution in [2.45, 2.75) is 32.4 Å². The molecule has 0 aromatic heterocycles. The molecule has 168 valence electrons. The SMILES string of the molecule is CS(=O)(=O)N(CC(=O)NCc1ccc(CN2CCCCC2)cc1)c1ccc(F)c(F)c1. The molecule has 0 bridgehead atoms. The Hall–Kier alpha value is -2.52. The Balaban J connectivity index is 1.56. The number of carbonyl (C=O) groups excluding carboxylic acids is 1. The second-order valence-electron chi connectivity index (χ2n) is 7.80. The lowest BCUT2D eigenvalue weighted by Gasteiger charge is -2.26. The van der Waals surface area contributed by atoms with Crippen LogP contribution in [0, 0.1) is 11.6 Å². The maximum absolute atomic E-state index is 13.5. The fraction of sp³-hybridized carbons (Fsp3) is 0.409. The number of nitrogens with zero attached hydrogens (tertiary/aromatic N) is 2. The zero-order valence-electron chi connectivity index (χ0n) is 17.5. The highest BCUT2D eigenvalue weighted by Gasteiger charge is 2.22. The van der Waals surface area contributed by atoms with Crippen LogP contribution in [0.2, 0.25) is 0 Å². The van der Waals surface area contributed by atoms with Crippen LogP contribution in [0.3, 0.4) is 0 Å². The van der Waals surface area contributed by atoms with Crippen molar-refractivity contribution in [3.63, 3.8) is 0 Å². The lowest BCUT2D eigenvalue weighted by Crippen LogP contribution is -2.40. The third-order valence-corrected chi connectivity index (χ3v) is 6.39.